The molecular formula is C13H24O5. The molecule has 2 unspecified atom stereocenters. The maximum Gasteiger partial charge on any atom is 0.347 e. The Morgan fingerprint density at radius 2 is 1.67 bits per heavy atom. The van der Waals surface area contributed by atoms with E-state index in [0.717, 1.165) is 6.42 Å². The van der Waals surface area contributed by atoms with E-state index >= 15 is 0 Å². The van der Waals surface area contributed by atoms with Gasteiger partial charge in [-0.1, -0.05) is 20.8 Å². The summed E-state index contributed by atoms with van der Waals surface area (Å²) in [6.45, 7) is 9.35. The third-order valence-electron chi connectivity index (χ3n) is 2.12. The van der Waals surface area contributed by atoms with Crippen LogP contribution in [-0.4, -0.2) is 37.9 Å². The van der Waals surface area contributed by atoms with Crippen molar-refractivity contribution in [1.29, 1.82) is 0 Å². The van der Waals surface area contributed by atoms with E-state index < -0.39 is 18.0 Å². The van der Waals surface area contributed by atoms with E-state index in [1.807, 2.05) is 6.92 Å². The fourth-order valence-electron chi connectivity index (χ4n) is 1.60. The van der Waals surface area contributed by atoms with Gasteiger partial charge in [0.15, 0.2) is 6.10 Å². The monoisotopic (exact) mass is 260 g/mol. The molecule has 2 atom stereocenters. The van der Waals surface area contributed by atoms with Crippen molar-refractivity contribution in [3.63, 3.8) is 0 Å². The van der Waals surface area contributed by atoms with E-state index in [2.05, 4.69) is 25.5 Å². The summed E-state index contributed by atoms with van der Waals surface area (Å²) in [4.78, 5) is 22.8. The van der Waals surface area contributed by atoms with Gasteiger partial charge in [0.2, 0.25) is 0 Å². The van der Waals surface area contributed by atoms with Crippen LogP contribution in [0.2, 0.25) is 0 Å². The molecule has 0 saturated carbocycles. The Bertz CT molecular complexity index is 280. The average molecular weight is 260 g/mol. The number of rotatable bonds is 6. The molecule has 0 heterocycles. The largest absolute Gasteiger partial charge is 0.460 e. The lowest BCUT2D eigenvalue weighted by Gasteiger charge is -2.24. The molecule has 5 heteroatoms. The average Bonchev–Trinajstić information content (AvgIpc) is 2.14. The first kappa shape index (κ1) is 16.9. The molecule has 0 aromatic heterocycles. The minimum Gasteiger partial charge on any atom is -0.460 e. The van der Waals surface area contributed by atoms with Gasteiger partial charge in [0.05, 0.1) is 6.10 Å². The standard InChI is InChI=1S/C13H24O5/c1-9(7-13(3,4)5)17-12(15)10(2)18-11(14)8-16-6/h9-10H,7-8H2,1-6H3. The van der Waals surface area contributed by atoms with Gasteiger partial charge in [-0.05, 0) is 25.7 Å². The molecule has 18 heavy (non-hydrogen) atoms. The molecule has 0 aliphatic heterocycles. The van der Waals surface area contributed by atoms with Crippen LogP contribution in [0.15, 0.2) is 0 Å². The van der Waals surface area contributed by atoms with Gasteiger partial charge in [0, 0.05) is 7.11 Å². The van der Waals surface area contributed by atoms with Crippen molar-refractivity contribution in [1.82, 2.24) is 0 Å². The Morgan fingerprint density at radius 1 is 1.11 bits per heavy atom. The van der Waals surface area contributed by atoms with Gasteiger partial charge in [-0.25, -0.2) is 9.59 Å². The first-order chi connectivity index (χ1) is 8.15. The Kier molecular flexibility index (Phi) is 6.91. The van der Waals surface area contributed by atoms with Crippen molar-refractivity contribution in [3.05, 3.63) is 0 Å². The van der Waals surface area contributed by atoms with Crippen LogP contribution >= 0.6 is 0 Å². The zero-order valence-electron chi connectivity index (χ0n) is 12.1. The molecule has 0 amide bonds. The highest BCUT2D eigenvalue weighted by Crippen LogP contribution is 2.22. The highest BCUT2D eigenvalue weighted by atomic mass is 16.6. The van der Waals surface area contributed by atoms with Crippen molar-refractivity contribution in [3.8, 4) is 0 Å². The van der Waals surface area contributed by atoms with E-state index in [0.29, 0.717) is 0 Å². The minimum absolute atomic E-state index is 0.0790. The third kappa shape index (κ3) is 8.06. The molecule has 0 aromatic rings. The van der Waals surface area contributed by atoms with Crippen LogP contribution in [0.1, 0.15) is 41.0 Å². The second-order valence-electron chi connectivity index (χ2n) is 5.58. The SMILES string of the molecule is COCC(=O)OC(C)C(=O)OC(C)CC(C)(C)C. The van der Waals surface area contributed by atoms with Crippen LogP contribution in [0, 0.1) is 5.41 Å². The number of carbonyl (C=O) groups is 2. The third-order valence-corrected chi connectivity index (χ3v) is 2.12. The van der Waals surface area contributed by atoms with Gasteiger partial charge in [0.1, 0.15) is 6.61 Å². The molecule has 0 radical (unpaired) electrons. The molecule has 0 saturated heterocycles. The van der Waals surface area contributed by atoms with Crippen molar-refractivity contribution < 1.29 is 23.8 Å². The minimum atomic E-state index is -0.907. The normalized spacial score (nSPS) is 14.8. The fourth-order valence-corrected chi connectivity index (χ4v) is 1.60. The van der Waals surface area contributed by atoms with Gasteiger partial charge < -0.3 is 14.2 Å². The molecule has 0 bridgehead atoms. The van der Waals surface area contributed by atoms with Gasteiger partial charge in [0.25, 0.3) is 0 Å². The Morgan fingerprint density at radius 3 is 2.11 bits per heavy atom. The predicted octanol–water partition coefficient (Wildman–Crippen LogP) is 1.93. The van der Waals surface area contributed by atoms with Gasteiger partial charge in [-0.3, -0.25) is 0 Å². The maximum absolute atomic E-state index is 11.6. The zero-order valence-corrected chi connectivity index (χ0v) is 12.1. The Labute approximate surface area is 109 Å². The second kappa shape index (κ2) is 7.36. The molecule has 0 spiro atoms. The van der Waals surface area contributed by atoms with E-state index in [4.69, 9.17) is 9.47 Å². The summed E-state index contributed by atoms with van der Waals surface area (Å²) in [6, 6.07) is 0. The summed E-state index contributed by atoms with van der Waals surface area (Å²) < 4.78 is 14.7. The highest BCUT2D eigenvalue weighted by molar-refractivity contribution is 5.79. The van der Waals surface area contributed by atoms with Crippen LogP contribution in [0.25, 0.3) is 0 Å². The number of carbonyl (C=O) groups excluding carboxylic acids is 2. The van der Waals surface area contributed by atoms with E-state index in [9.17, 15) is 9.59 Å². The summed E-state index contributed by atoms with van der Waals surface area (Å²) in [7, 11) is 1.38. The Hall–Kier alpha value is -1.10. The summed E-state index contributed by atoms with van der Waals surface area (Å²) in [5.41, 5.74) is 0.0790. The highest BCUT2D eigenvalue weighted by Gasteiger charge is 2.23. The predicted molar refractivity (Wildman–Crippen MR) is 67.1 cm³/mol. The summed E-state index contributed by atoms with van der Waals surface area (Å²) in [6.07, 6.45) is -0.367. The lowest BCUT2D eigenvalue weighted by molar-refractivity contribution is -0.172. The number of esters is 2. The second-order valence-corrected chi connectivity index (χ2v) is 5.58. The van der Waals surface area contributed by atoms with Crippen LogP contribution < -0.4 is 0 Å². The van der Waals surface area contributed by atoms with Crippen molar-refractivity contribution in [2.24, 2.45) is 5.41 Å². The lowest BCUT2D eigenvalue weighted by Crippen LogP contribution is -2.31. The molecular weight excluding hydrogens is 236 g/mol. The molecule has 0 aromatic carbocycles. The first-order valence-corrected chi connectivity index (χ1v) is 6.04. The quantitative estimate of drug-likeness (QED) is 0.683. The van der Waals surface area contributed by atoms with Crippen LogP contribution in [0.3, 0.4) is 0 Å². The lowest BCUT2D eigenvalue weighted by atomic mass is 9.90. The summed E-state index contributed by atoms with van der Waals surface area (Å²) in [5.74, 6) is -1.11. The number of ether oxygens (including phenoxy) is 3. The number of methoxy groups -OCH3 is 1. The topological polar surface area (TPSA) is 61.8 Å². The van der Waals surface area contributed by atoms with E-state index in [-0.39, 0.29) is 18.1 Å². The van der Waals surface area contributed by atoms with Crippen molar-refractivity contribution >= 4 is 11.9 Å². The summed E-state index contributed by atoms with van der Waals surface area (Å²) in [5, 5.41) is 0. The van der Waals surface area contributed by atoms with Crippen LogP contribution in [0.5, 0.6) is 0 Å². The van der Waals surface area contributed by atoms with Crippen molar-refractivity contribution in [2.75, 3.05) is 13.7 Å². The van der Waals surface area contributed by atoms with Gasteiger partial charge in [-0.2, -0.15) is 0 Å². The maximum atomic E-state index is 11.6. The number of hydrogen-bond donors (Lipinski definition) is 0. The molecule has 0 N–H and O–H groups in total. The molecule has 0 fully saturated rings. The molecule has 0 aliphatic carbocycles. The van der Waals surface area contributed by atoms with E-state index in [1.54, 1.807) is 0 Å². The Balaban J connectivity index is 4.12. The number of hydrogen-bond acceptors (Lipinski definition) is 5. The molecule has 0 rings (SSSR count). The fraction of sp³-hybridized carbons (Fsp3) is 0.846. The van der Waals surface area contributed by atoms with Crippen LogP contribution in [-0.2, 0) is 23.8 Å². The van der Waals surface area contributed by atoms with E-state index in [1.165, 1.54) is 14.0 Å². The molecule has 0 aliphatic rings. The first-order valence-electron chi connectivity index (χ1n) is 6.04. The van der Waals surface area contributed by atoms with Crippen LogP contribution in [0.4, 0.5) is 0 Å². The van der Waals surface area contributed by atoms with Gasteiger partial charge >= 0.3 is 11.9 Å². The molecule has 106 valence electrons. The van der Waals surface area contributed by atoms with Crippen molar-refractivity contribution in [2.45, 2.75) is 53.2 Å². The zero-order chi connectivity index (χ0) is 14.3. The van der Waals surface area contributed by atoms with Gasteiger partial charge in [-0.15, -0.1) is 0 Å². The summed E-state index contributed by atoms with van der Waals surface area (Å²) >= 11 is 0. The molecule has 5 nitrogen and oxygen atoms in total. The smallest absolute Gasteiger partial charge is 0.347 e.